The summed E-state index contributed by atoms with van der Waals surface area (Å²) in [6.07, 6.45) is -1.06. The van der Waals surface area contributed by atoms with Gasteiger partial charge in [0.1, 0.15) is 0 Å². The lowest BCUT2D eigenvalue weighted by Crippen LogP contribution is -2.16. The number of unbranched alkanes of at least 4 members (excludes halogenated alkanes) is 2. The third-order valence-electron chi connectivity index (χ3n) is 2.53. The minimum absolute atomic E-state index is 0. The van der Waals surface area contributed by atoms with E-state index in [0.29, 0.717) is 12.2 Å². The fourth-order valence-electron chi connectivity index (χ4n) is 1.53. The number of aryl methyl sites for hydroxylation is 1. The van der Waals surface area contributed by atoms with Gasteiger partial charge in [-0.25, -0.2) is 0 Å². The normalized spacial score (nSPS) is 11.4. The first-order chi connectivity index (χ1) is 7.95. The average Bonchev–Trinajstić information content (AvgIpc) is 2.60. The number of nitrogens with one attached hydrogen (secondary N) is 1. The van der Waals surface area contributed by atoms with E-state index in [1.165, 1.54) is 11.7 Å². The fourth-order valence-corrected chi connectivity index (χ4v) is 1.53. The van der Waals surface area contributed by atoms with Crippen molar-refractivity contribution in [1.29, 1.82) is 0 Å². The van der Waals surface area contributed by atoms with Crippen molar-refractivity contribution in [3.05, 3.63) is 17.5 Å². The Bertz CT molecular complexity index is 350. The predicted octanol–water partition coefficient (Wildman–Crippen LogP) is 3.14. The van der Waals surface area contributed by atoms with Gasteiger partial charge in [0.15, 0.2) is 5.69 Å². The highest BCUT2D eigenvalue weighted by atomic mass is 35.5. The molecule has 3 nitrogen and oxygen atoms in total. The van der Waals surface area contributed by atoms with E-state index in [4.69, 9.17) is 0 Å². The van der Waals surface area contributed by atoms with Gasteiger partial charge in [-0.2, -0.15) is 18.3 Å². The standard InChI is InChI=1S/C11H18F3N3.ClH/c1-3-4-5-6-15-8-9-7-10(11(12,13)14)16-17(9)2;/h7,15H,3-6,8H2,1-2H3;1H. The maximum atomic E-state index is 12.4. The molecule has 0 aliphatic carbocycles. The second kappa shape index (κ2) is 7.63. The lowest BCUT2D eigenvalue weighted by Gasteiger charge is -2.03. The predicted molar refractivity (Wildman–Crippen MR) is 66.7 cm³/mol. The highest BCUT2D eigenvalue weighted by molar-refractivity contribution is 5.85. The molecule has 0 radical (unpaired) electrons. The molecule has 0 saturated heterocycles. The second-order valence-corrected chi connectivity index (χ2v) is 4.03. The van der Waals surface area contributed by atoms with Crippen LogP contribution in [0.4, 0.5) is 13.2 Å². The monoisotopic (exact) mass is 285 g/mol. The molecule has 1 rings (SSSR count). The van der Waals surface area contributed by atoms with Gasteiger partial charge in [0.2, 0.25) is 0 Å². The maximum absolute atomic E-state index is 12.4. The molecule has 7 heteroatoms. The Labute approximate surface area is 111 Å². The molecule has 1 aromatic heterocycles. The van der Waals surface area contributed by atoms with Crippen LogP contribution < -0.4 is 5.32 Å². The average molecular weight is 286 g/mol. The molecule has 18 heavy (non-hydrogen) atoms. The third kappa shape index (κ3) is 5.27. The van der Waals surface area contributed by atoms with E-state index in [0.717, 1.165) is 31.9 Å². The summed E-state index contributed by atoms with van der Waals surface area (Å²) in [4.78, 5) is 0. The molecule has 0 aliphatic heterocycles. The summed E-state index contributed by atoms with van der Waals surface area (Å²) in [7, 11) is 1.53. The van der Waals surface area contributed by atoms with Crippen molar-refractivity contribution < 1.29 is 13.2 Å². The fraction of sp³-hybridized carbons (Fsp3) is 0.727. The third-order valence-corrected chi connectivity index (χ3v) is 2.53. The summed E-state index contributed by atoms with van der Waals surface area (Å²) < 4.78 is 38.4. The smallest absolute Gasteiger partial charge is 0.311 e. The number of alkyl halides is 3. The Kier molecular flexibility index (Phi) is 7.32. The van der Waals surface area contributed by atoms with E-state index in [1.807, 2.05) is 0 Å². The summed E-state index contributed by atoms with van der Waals surface area (Å²) in [6, 6.07) is 1.09. The highest BCUT2D eigenvalue weighted by Gasteiger charge is 2.34. The zero-order valence-electron chi connectivity index (χ0n) is 10.5. The molecule has 0 atom stereocenters. The van der Waals surface area contributed by atoms with Gasteiger partial charge < -0.3 is 5.32 Å². The van der Waals surface area contributed by atoms with Crippen molar-refractivity contribution in [3.8, 4) is 0 Å². The highest BCUT2D eigenvalue weighted by Crippen LogP contribution is 2.28. The molecule has 1 aromatic rings. The Balaban J connectivity index is 0.00000289. The molecule has 0 fully saturated rings. The van der Waals surface area contributed by atoms with Crippen LogP contribution in [0.15, 0.2) is 6.07 Å². The van der Waals surface area contributed by atoms with E-state index in [9.17, 15) is 13.2 Å². The molecular formula is C11H19ClF3N3. The van der Waals surface area contributed by atoms with Crippen molar-refractivity contribution >= 4 is 12.4 Å². The van der Waals surface area contributed by atoms with Crippen LogP contribution in [-0.4, -0.2) is 16.3 Å². The lowest BCUT2D eigenvalue weighted by atomic mass is 10.2. The molecule has 0 unspecified atom stereocenters. The Morgan fingerprint density at radius 1 is 1.33 bits per heavy atom. The first kappa shape index (κ1) is 17.2. The van der Waals surface area contributed by atoms with Crippen LogP contribution >= 0.6 is 12.4 Å². The first-order valence-corrected chi connectivity index (χ1v) is 5.76. The number of hydrogen-bond acceptors (Lipinski definition) is 2. The van der Waals surface area contributed by atoms with Gasteiger partial charge in [0.05, 0.1) is 5.69 Å². The van der Waals surface area contributed by atoms with Gasteiger partial charge in [-0.05, 0) is 19.0 Å². The largest absolute Gasteiger partial charge is 0.435 e. The number of rotatable bonds is 6. The zero-order valence-corrected chi connectivity index (χ0v) is 11.4. The summed E-state index contributed by atoms with van der Waals surface area (Å²) in [5.74, 6) is 0. The van der Waals surface area contributed by atoms with Gasteiger partial charge in [-0.1, -0.05) is 19.8 Å². The van der Waals surface area contributed by atoms with Gasteiger partial charge in [0, 0.05) is 13.6 Å². The topological polar surface area (TPSA) is 29.9 Å². The maximum Gasteiger partial charge on any atom is 0.435 e. The lowest BCUT2D eigenvalue weighted by molar-refractivity contribution is -0.141. The molecular weight excluding hydrogens is 267 g/mol. The summed E-state index contributed by atoms with van der Waals surface area (Å²) in [6.45, 7) is 3.35. The Morgan fingerprint density at radius 2 is 2.00 bits per heavy atom. The van der Waals surface area contributed by atoms with Crippen molar-refractivity contribution in [2.45, 2.75) is 38.9 Å². The SMILES string of the molecule is CCCCCNCc1cc(C(F)(F)F)nn1C.Cl. The Morgan fingerprint density at radius 3 is 2.50 bits per heavy atom. The van der Waals surface area contributed by atoms with Crippen LogP contribution in [0.3, 0.4) is 0 Å². The van der Waals surface area contributed by atoms with E-state index in [2.05, 4.69) is 17.3 Å². The number of hydrogen-bond donors (Lipinski definition) is 1. The van der Waals surface area contributed by atoms with Crippen molar-refractivity contribution in [3.63, 3.8) is 0 Å². The van der Waals surface area contributed by atoms with Crippen LogP contribution in [0.25, 0.3) is 0 Å². The van der Waals surface area contributed by atoms with E-state index >= 15 is 0 Å². The molecule has 0 aliphatic rings. The van der Waals surface area contributed by atoms with Crippen LogP contribution in [0.2, 0.25) is 0 Å². The van der Waals surface area contributed by atoms with E-state index in [1.54, 1.807) is 0 Å². The molecule has 0 bridgehead atoms. The van der Waals surface area contributed by atoms with Gasteiger partial charge in [0.25, 0.3) is 0 Å². The molecule has 0 aromatic carbocycles. The van der Waals surface area contributed by atoms with Gasteiger partial charge in [-0.15, -0.1) is 12.4 Å². The van der Waals surface area contributed by atoms with Crippen LogP contribution in [0, 0.1) is 0 Å². The first-order valence-electron chi connectivity index (χ1n) is 5.76. The molecule has 1 heterocycles. The van der Waals surface area contributed by atoms with Crippen LogP contribution in [0.1, 0.15) is 37.6 Å². The second-order valence-electron chi connectivity index (χ2n) is 4.03. The van der Waals surface area contributed by atoms with Crippen LogP contribution in [-0.2, 0) is 19.8 Å². The van der Waals surface area contributed by atoms with E-state index in [-0.39, 0.29) is 12.4 Å². The quantitative estimate of drug-likeness (QED) is 0.814. The summed E-state index contributed by atoms with van der Waals surface area (Å²) in [5.41, 5.74) is -0.279. The van der Waals surface area contributed by atoms with Crippen LogP contribution in [0.5, 0.6) is 0 Å². The minimum atomic E-state index is -4.36. The molecule has 1 N–H and O–H groups in total. The van der Waals surface area contributed by atoms with E-state index < -0.39 is 11.9 Å². The number of halogens is 4. The molecule has 0 amide bonds. The van der Waals surface area contributed by atoms with Gasteiger partial charge in [-0.3, -0.25) is 4.68 Å². The minimum Gasteiger partial charge on any atom is -0.311 e. The summed E-state index contributed by atoms with van der Waals surface area (Å²) >= 11 is 0. The molecule has 106 valence electrons. The zero-order chi connectivity index (χ0) is 12.9. The Hall–Kier alpha value is -0.750. The van der Waals surface area contributed by atoms with Crippen molar-refractivity contribution in [2.24, 2.45) is 7.05 Å². The van der Waals surface area contributed by atoms with Crippen molar-refractivity contribution in [2.75, 3.05) is 6.54 Å². The van der Waals surface area contributed by atoms with Crippen molar-refractivity contribution in [1.82, 2.24) is 15.1 Å². The molecule has 0 saturated carbocycles. The summed E-state index contributed by atoms with van der Waals surface area (Å²) in [5, 5.41) is 6.56. The molecule has 0 spiro atoms. The number of nitrogens with zero attached hydrogens (tertiary/aromatic N) is 2. The van der Waals surface area contributed by atoms with Gasteiger partial charge >= 0.3 is 6.18 Å². The number of aromatic nitrogens is 2.